The zero-order chi connectivity index (χ0) is 82.6. The van der Waals surface area contributed by atoms with E-state index in [-0.39, 0.29) is 163 Å². The molecule has 4 fully saturated rings. The highest BCUT2D eigenvalue weighted by molar-refractivity contribution is 8.14. The minimum absolute atomic E-state index is 0. The van der Waals surface area contributed by atoms with Gasteiger partial charge in [0.25, 0.3) is 23.6 Å². The number of ether oxygens (including phenoxy) is 7. The number of carbonyl (C=O) groups excluding carboxylic acids is 4. The minimum Gasteiger partial charge on any atom is -0.480 e. The Morgan fingerprint density at radius 3 is 1.07 bits per heavy atom. The number of benzene rings is 4. The molecule has 4 aromatic carbocycles. The van der Waals surface area contributed by atoms with E-state index in [0.29, 0.717) is 32.8 Å². The molecule has 4 aromatic heterocycles. The first kappa shape index (κ1) is 84.8. The molecule has 8 aromatic rings. The van der Waals surface area contributed by atoms with Gasteiger partial charge in [-0.15, -0.1) is 23.5 Å². The lowest BCUT2D eigenvalue weighted by Gasteiger charge is -2.39. The maximum atomic E-state index is 15.6. The third-order valence-electron chi connectivity index (χ3n) is 19.9. The first-order chi connectivity index (χ1) is 55.5. The molecule has 0 aliphatic carbocycles. The fourth-order valence-electron chi connectivity index (χ4n) is 13.8. The number of aromatic nitrogens is 6. The van der Waals surface area contributed by atoms with Crippen molar-refractivity contribution >= 4 is 114 Å². The number of hydrogen-bond acceptors (Lipinski definition) is 25. The molecule has 608 valence electrons. The number of anilines is 4. The average molecular weight is 1670 g/mol. The maximum absolute atomic E-state index is 15.6. The van der Waals surface area contributed by atoms with Crippen LogP contribution in [0.15, 0.2) is 154 Å². The Balaban J connectivity index is 0.000000143. The molecule has 12 heterocycles. The van der Waals surface area contributed by atoms with Crippen molar-refractivity contribution in [3.8, 4) is 11.8 Å². The lowest BCUT2D eigenvalue weighted by atomic mass is 9.78. The number of fused-ring (bicyclic) bond motifs is 4. The summed E-state index contributed by atoms with van der Waals surface area (Å²) in [5.41, 5.74) is -5.91. The Hall–Kier alpha value is -11.6. The first-order valence-corrected chi connectivity index (χ1v) is 37.9. The molecule has 0 saturated carbocycles. The first-order valence-electron chi connectivity index (χ1n) is 34.9. The number of amidine groups is 1. The second-order valence-electron chi connectivity index (χ2n) is 27.3. The molecule has 0 spiro atoms. The molecule has 4 saturated heterocycles. The number of carbonyl (C=O) groups is 4. The van der Waals surface area contributed by atoms with Crippen molar-refractivity contribution in [2.24, 2.45) is 25.7 Å². The van der Waals surface area contributed by atoms with Gasteiger partial charge in [0.05, 0.1) is 115 Å². The Morgan fingerprint density at radius 1 is 0.419 bits per heavy atom. The summed E-state index contributed by atoms with van der Waals surface area (Å²) in [6.07, 6.45) is 7.72. The zero-order valence-corrected chi connectivity index (χ0v) is 64.3. The molecular formula is C78H71F8N17O11S3. The standard InChI is InChI=1S/C20H16F2N4O3.C19H15F2N5O2S.2C19H18F2N4O3S.CH4/c1-12-26-20(11-28-9-19(20,22)10-29-12)15-7-13(3-5-16(15)21)25-18(27)17-6-4-14(23-2)8-24-17;1-23-12-3-5-15(24-7-12)16(27)25-11-2-4-14(20)13(6-11)19-9-28-8-18(19,21)10-29-17(22)26-19;2*1-11-25-19(9-28-8-18(19,21)10-29-11)13-5-12(3-4-14(13)20)24-17(26)15-6-23-16(27-2)7-22-15;/h3-8H,9-11H2,1H3,(H,25,27);2-7H,8-10H2,(H2,22,26)(H,25,27);2*3-7H,8-10H2,1-2H3,(H,24,26);1H4/t19-,20-;3*18-,19-;/m1111./s1. The second kappa shape index (κ2) is 34.3. The van der Waals surface area contributed by atoms with Gasteiger partial charge < -0.3 is 60.2 Å². The molecule has 4 amide bonds. The van der Waals surface area contributed by atoms with Crippen LogP contribution < -0.4 is 36.5 Å². The smallest absolute Gasteiger partial charge is 0.275 e. The van der Waals surface area contributed by atoms with E-state index < -0.39 is 91.7 Å². The quantitative estimate of drug-likeness (QED) is 0.0499. The van der Waals surface area contributed by atoms with E-state index in [1.54, 1.807) is 20.8 Å². The molecular weight excluding hydrogens is 1600 g/mol. The molecule has 8 atom stereocenters. The monoisotopic (exact) mass is 1670 g/mol. The van der Waals surface area contributed by atoms with Gasteiger partial charge in [-0.25, -0.2) is 74.7 Å². The third-order valence-corrected chi connectivity index (χ3v) is 23.1. The number of hydrogen-bond donors (Lipinski definition) is 5. The Labute approximate surface area is 676 Å². The molecule has 6 N–H and O–H groups in total. The van der Waals surface area contributed by atoms with Crippen LogP contribution in [0.4, 0.5) is 69.2 Å². The van der Waals surface area contributed by atoms with E-state index in [2.05, 4.69) is 80.8 Å². The second-order valence-corrected chi connectivity index (χ2v) is 30.6. The molecule has 0 unspecified atom stereocenters. The molecule has 0 radical (unpaired) electrons. The van der Waals surface area contributed by atoms with Crippen LogP contribution in [0.5, 0.6) is 11.8 Å². The molecule has 8 aliphatic rings. The summed E-state index contributed by atoms with van der Waals surface area (Å²) >= 11 is 3.63. The SMILES string of the molecule is C.COc1cnc(C(=O)Nc2ccc(F)c([C@]34COC[C@@]3(F)CSC(C)=N4)c2)cn1.COc1cnc(C(=O)Nc2ccc(F)c([C@]34COC[C@@]3(F)CSC(C)=N4)c2)cn1.[C-]#[N+]c1ccc(C(=O)Nc2ccc(F)c([C@]34COC[C@@]3(F)COC(C)=N4)c2)nc1.[C-]#[N+]c1ccc(C(=O)Nc2ccc(F)c([C@]34COC[C@@]3(F)CSC(N)=N4)c2)nc1. The van der Waals surface area contributed by atoms with Crippen molar-refractivity contribution in [2.45, 2.75) is 73.0 Å². The summed E-state index contributed by atoms with van der Waals surface area (Å²) in [4.78, 5) is 97.3. The van der Waals surface area contributed by atoms with E-state index in [4.69, 9.17) is 52.0 Å². The van der Waals surface area contributed by atoms with Gasteiger partial charge >= 0.3 is 0 Å². The van der Waals surface area contributed by atoms with Gasteiger partial charge in [0.2, 0.25) is 23.1 Å². The van der Waals surface area contributed by atoms with Crippen molar-refractivity contribution in [3.05, 3.63) is 225 Å². The highest BCUT2D eigenvalue weighted by Gasteiger charge is 2.65. The number of halogens is 8. The van der Waals surface area contributed by atoms with Gasteiger partial charge in [0, 0.05) is 81.6 Å². The average Bonchev–Trinajstić information content (AvgIpc) is 1.64. The van der Waals surface area contributed by atoms with Crippen LogP contribution in [0.1, 0.15) is 92.4 Å². The van der Waals surface area contributed by atoms with Crippen molar-refractivity contribution in [2.75, 3.05) is 112 Å². The zero-order valence-electron chi connectivity index (χ0n) is 61.9. The highest BCUT2D eigenvalue weighted by Crippen LogP contribution is 2.55. The van der Waals surface area contributed by atoms with Crippen molar-refractivity contribution in [1.29, 1.82) is 0 Å². The third kappa shape index (κ3) is 16.7. The Bertz CT molecular complexity index is 5070. The van der Waals surface area contributed by atoms with E-state index in [1.807, 2.05) is 0 Å². The Kier molecular flexibility index (Phi) is 24.9. The summed E-state index contributed by atoms with van der Waals surface area (Å²) in [7, 11) is 2.88. The Morgan fingerprint density at radius 2 is 0.744 bits per heavy atom. The van der Waals surface area contributed by atoms with Crippen LogP contribution >= 0.6 is 35.3 Å². The number of rotatable bonds is 14. The van der Waals surface area contributed by atoms with E-state index in [0.717, 1.165) is 23.9 Å². The fraction of sp³-hybridized carbons (Fsp3) is 0.333. The lowest BCUT2D eigenvalue weighted by molar-refractivity contribution is 0.00964. The van der Waals surface area contributed by atoms with Gasteiger partial charge in [0.1, 0.15) is 63.7 Å². The number of alkyl halides is 4. The summed E-state index contributed by atoms with van der Waals surface area (Å²) in [6.45, 7) is 17.4. The van der Waals surface area contributed by atoms with Gasteiger partial charge in [-0.3, -0.25) is 39.1 Å². The summed E-state index contributed by atoms with van der Waals surface area (Å²) in [5.74, 6) is -3.69. The van der Waals surface area contributed by atoms with Crippen molar-refractivity contribution < 1.29 is 87.5 Å². The number of thioether (sulfide) groups is 3. The summed E-state index contributed by atoms with van der Waals surface area (Å²) < 4.78 is 158. The molecule has 16 rings (SSSR count). The number of aliphatic imine (C=N–C) groups is 4. The predicted octanol–water partition coefficient (Wildman–Crippen LogP) is 13.0. The fourth-order valence-corrected chi connectivity index (χ4v) is 16.7. The number of nitrogens with one attached hydrogen (secondary N) is 4. The van der Waals surface area contributed by atoms with E-state index in [9.17, 15) is 36.7 Å². The number of pyridine rings is 2. The van der Waals surface area contributed by atoms with Gasteiger partial charge in [-0.2, -0.15) is 0 Å². The van der Waals surface area contributed by atoms with Crippen molar-refractivity contribution in [3.63, 3.8) is 0 Å². The normalized spacial score (nSPS) is 25.5. The summed E-state index contributed by atoms with van der Waals surface area (Å²) in [6, 6.07) is 21.4. The van der Waals surface area contributed by atoms with Crippen LogP contribution in [0, 0.1) is 36.4 Å². The number of nitrogens with zero attached hydrogens (tertiary/aromatic N) is 12. The topological polar surface area (TPSA) is 343 Å². The number of methoxy groups -OCH3 is 2. The lowest BCUT2D eigenvalue weighted by Crippen LogP contribution is -2.53. The highest BCUT2D eigenvalue weighted by atomic mass is 32.2. The summed E-state index contributed by atoms with van der Waals surface area (Å²) in [5, 5.41) is 12.0. The molecule has 117 heavy (non-hydrogen) atoms. The van der Waals surface area contributed by atoms with Gasteiger partial charge in [-0.1, -0.05) is 31.3 Å². The molecule has 39 heteroatoms. The predicted molar refractivity (Wildman–Crippen MR) is 422 cm³/mol. The van der Waals surface area contributed by atoms with Crippen LogP contribution in [-0.2, 0) is 45.8 Å². The van der Waals surface area contributed by atoms with Crippen molar-refractivity contribution in [1.82, 2.24) is 29.9 Å². The molecule has 8 aliphatic heterocycles. The van der Waals surface area contributed by atoms with Crippen LogP contribution in [0.3, 0.4) is 0 Å². The molecule has 28 nitrogen and oxygen atoms in total. The number of amides is 4. The van der Waals surface area contributed by atoms with Gasteiger partial charge in [-0.05, 0) is 98.8 Å². The van der Waals surface area contributed by atoms with E-state index in [1.165, 1.54) is 160 Å². The van der Waals surface area contributed by atoms with Crippen LogP contribution in [0.2, 0.25) is 0 Å². The maximum Gasteiger partial charge on any atom is 0.275 e. The largest absolute Gasteiger partial charge is 0.480 e. The van der Waals surface area contributed by atoms with Crippen LogP contribution in [-0.4, -0.2) is 188 Å². The number of nitrogens with two attached hydrogens (primary N) is 1. The van der Waals surface area contributed by atoms with E-state index >= 15 is 17.6 Å². The minimum atomic E-state index is -2.02. The van der Waals surface area contributed by atoms with Gasteiger partial charge in [0.15, 0.2) is 44.8 Å². The molecule has 0 bridgehead atoms. The van der Waals surface area contributed by atoms with Crippen LogP contribution in [0.25, 0.3) is 9.69 Å².